The molecular formula is C50H62N2O7. The fraction of sp³-hybridized carbons (Fsp3) is 0.500. The zero-order valence-electron chi connectivity index (χ0n) is 35.1. The average Bonchev–Trinajstić information content (AvgIpc) is 3.76. The van der Waals surface area contributed by atoms with E-state index in [-0.39, 0.29) is 18.1 Å². The van der Waals surface area contributed by atoms with E-state index in [1.807, 2.05) is 84.7 Å². The van der Waals surface area contributed by atoms with Crippen LogP contribution in [0.4, 0.5) is 0 Å². The summed E-state index contributed by atoms with van der Waals surface area (Å²) in [5, 5.41) is 2.12. The van der Waals surface area contributed by atoms with E-state index in [0.717, 1.165) is 41.5 Å². The molecule has 1 saturated carbocycles. The molecule has 1 spiro atoms. The summed E-state index contributed by atoms with van der Waals surface area (Å²) in [6.07, 6.45) is 1.52. The van der Waals surface area contributed by atoms with E-state index < -0.39 is 36.2 Å². The fourth-order valence-electron chi connectivity index (χ4n) is 10.2. The Labute approximate surface area is 350 Å². The summed E-state index contributed by atoms with van der Waals surface area (Å²) in [5.74, 6) is 1.36. The van der Waals surface area contributed by atoms with Crippen LogP contribution in [0.5, 0.6) is 0 Å². The molecule has 1 aliphatic carbocycles. The van der Waals surface area contributed by atoms with E-state index in [1.54, 1.807) is 0 Å². The predicted molar refractivity (Wildman–Crippen MR) is 226 cm³/mol. The summed E-state index contributed by atoms with van der Waals surface area (Å²) in [4.78, 5) is 23.3. The lowest BCUT2D eigenvalue weighted by molar-refractivity contribution is -0.290. The quantitative estimate of drug-likeness (QED) is 0.111. The molecule has 59 heavy (non-hydrogen) atoms. The number of carbonyl (C=O) groups excluding carboxylic acids is 1. The largest absolute Gasteiger partial charge is 0.374 e. The number of rotatable bonds is 16. The van der Waals surface area contributed by atoms with Gasteiger partial charge < -0.3 is 28.6 Å². The Morgan fingerprint density at radius 2 is 1.17 bits per heavy atom. The van der Waals surface area contributed by atoms with E-state index in [2.05, 4.69) is 74.4 Å². The maximum absolute atomic E-state index is 14.2. The van der Waals surface area contributed by atoms with Crippen LogP contribution in [0.15, 0.2) is 121 Å². The van der Waals surface area contributed by atoms with E-state index in [0.29, 0.717) is 63.6 Å². The molecule has 3 saturated heterocycles. The van der Waals surface area contributed by atoms with Crippen LogP contribution in [0.3, 0.4) is 0 Å². The first-order chi connectivity index (χ1) is 28.8. The molecule has 0 bridgehead atoms. The molecule has 0 radical (unpaired) electrons. The number of fused-ring (bicyclic) bond motifs is 2. The molecule has 10 atom stereocenters. The van der Waals surface area contributed by atoms with Gasteiger partial charge in [0.15, 0.2) is 0 Å². The van der Waals surface area contributed by atoms with Gasteiger partial charge in [0.25, 0.3) is 0 Å². The number of likely N-dealkylation sites (N-methyl/N-ethyl adjacent to an activating group) is 1. The van der Waals surface area contributed by atoms with E-state index >= 15 is 0 Å². The smallest absolute Gasteiger partial charge is 0.243 e. The molecule has 4 fully saturated rings. The lowest BCUT2D eigenvalue weighted by Crippen LogP contribution is -2.62. The summed E-state index contributed by atoms with van der Waals surface area (Å²) in [6, 6.07) is 40.5. The highest BCUT2D eigenvalue weighted by Gasteiger charge is 2.65. The molecule has 4 aromatic carbocycles. The van der Waals surface area contributed by atoms with Crippen LogP contribution >= 0.6 is 0 Å². The summed E-state index contributed by atoms with van der Waals surface area (Å²) < 4.78 is 34.5. The second kappa shape index (κ2) is 19.2. The van der Waals surface area contributed by atoms with Crippen LogP contribution in [-0.4, -0.2) is 77.9 Å². The Morgan fingerprint density at radius 1 is 0.678 bits per heavy atom. The molecule has 0 unspecified atom stereocenters. The van der Waals surface area contributed by atoms with Gasteiger partial charge in [-0.1, -0.05) is 149 Å². The van der Waals surface area contributed by atoms with Crippen LogP contribution in [-0.2, 0) is 59.7 Å². The van der Waals surface area contributed by atoms with Crippen LogP contribution in [0.2, 0.25) is 0 Å². The second-order valence-electron chi connectivity index (χ2n) is 17.6. The van der Waals surface area contributed by atoms with E-state index in [1.165, 1.54) is 0 Å². The van der Waals surface area contributed by atoms with Crippen molar-refractivity contribution in [3.63, 3.8) is 0 Å². The van der Waals surface area contributed by atoms with Crippen molar-refractivity contribution in [3.05, 3.63) is 144 Å². The first-order valence-corrected chi connectivity index (χ1v) is 21.8. The first-order valence-electron chi connectivity index (χ1n) is 21.8. The molecule has 8 rings (SSSR count). The Hall–Kier alpha value is -3.93. The molecule has 0 N–H and O–H groups in total. The third-order valence-corrected chi connectivity index (χ3v) is 13.1. The van der Waals surface area contributed by atoms with Crippen molar-refractivity contribution in [2.24, 2.45) is 17.8 Å². The molecule has 1 amide bonds. The lowest BCUT2D eigenvalue weighted by atomic mass is 9.69. The maximum atomic E-state index is 14.2. The first kappa shape index (κ1) is 41.8. The number of hydrogen-bond acceptors (Lipinski definition) is 8. The SMILES string of the molecule is CC(C)[C@@H]1CC[C@@H](C)C[C@@]12N(C)C(=O)[C@@H]1C[C@@H](C[C@@H]3O[C@H](COCc4ccccc4)[C@@H](OCc4ccccc4)[C@H](OCc4ccccc4)[C@H]3OCc3ccccc3)ON12. The van der Waals surface area contributed by atoms with Gasteiger partial charge in [-0.3, -0.25) is 9.63 Å². The zero-order chi connectivity index (χ0) is 40.8. The van der Waals surface area contributed by atoms with Gasteiger partial charge in [-0.25, -0.2) is 0 Å². The standard InChI is InChI=1S/C50H62N2O7/c1-35(2)42-26-25-36(3)29-50(42)51(4)49(53)43-27-41(59-52(43)50)28-44-46(55-31-38-19-11-6-12-20-38)48(57-33-40-23-15-8-16-24-40)47(56-32-39-21-13-7-14-22-39)45(58-44)34-54-30-37-17-9-5-10-18-37/h5-24,35-36,41-48H,25-34H2,1-4H3/t36-,41+,42+,43+,44+,45-,46+,47-,48-,50+/m1/s1. The monoisotopic (exact) mass is 802 g/mol. The number of ether oxygens (including phenoxy) is 5. The lowest BCUT2D eigenvalue weighted by Gasteiger charge is -2.52. The third kappa shape index (κ3) is 9.37. The molecule has 3 heterocycles. The van der Waals surface area contributed by atoms with Crippen molar-refractivity contribution in [2.45, 2.75) is 128 Å². The van der Waals surface area contributed by atoms with Gasteiger partial charge in [-0.05, 0) is 46.9 Å². The number of amides is 1. The molecule has 4 aromatic rings. The molecule has 0 aromatic heterocycles. The molecule has 314 valence electrons. The summed E-state index contributed by atoms with van der Waals surface area (Å²) in [7, 11) is 1.99. The fourth-order valence-corrected chi connectivity index (χ4v) is 10.2. The minimum atomic E-state index is -0.520. The second-order valence-corrected chi connectivity index (χ2v) is 17.6. The molecule has 9 nitrogen and oxygen atoms in total. The highest BCUT2D eigenvalue weighted by Crippen LogP contribution is 2.53. The predicted octanol–water partition coefficient (Wildman–Crippen LogP) is 8.75. The van der Waals surface area contributed by atoms with Crippen molar-refractivity contribution in [2.75, 3.05) is 13.7 Å². The third-order valence-electron chi connectivity index (χ3n) is 13.1. The Kier molecular flexibility index (Phi) is 13.6. The van der Waals surface area contributed by atoms with Crippen LogP contribution in [0.1, 0.15) is 75.1 Å². The number of carbonyl (C=O) groups is 1. The van der Waals surface area contributed by atoms with Gasteiger partial charge in [0.2, 0.25) is 5.91 Å². The topological polar surface area (TPSA) is 78.9 Å². The number of nitrogens with zero attached hydrogens (tertiary/aromatic N) is 2. The average molecular weight is 803 g/mol. The van der Waals surface area contributed by atoms with Crippen LogP contribution in [0.25, 0.3) is 0 Å². The number of benzene rings is 4. The van der Waals surface area contributed by atoms with Gasteiger partial charge in [0.1, 0.15) is 36.1 Å². The van der Waals surface area contributed by atoms with Gasteiger partial charge in [0.05, 0.1) is 45.2 Å². The van der Waals surface area contributed by atoms with Crippen molar-refractivity contribution >= 4 is 5.91 Å². The van der Waals surface area contributed by atoms with Crippen molar-refractivity contribution < 1.29 is 33.3 Å². The molecule has 4 aliphatic rings. The van der Waals surface area contributed by atoms with Crippen molar-refractivity contribution in [1.29, 1.82) is 0 Å². The van der Waals surface area contributed by atoms with E-state index in [9.17, 15) is 4.79 Å². The minimum absolute atomic E-state index is 0.152. The van der Waals surface area contributed by atoms with Crippen molar-refractivity contribution in [3.8, 4) is 0 Å². The van der Waals surface area contributed by atoms with Crippen LogP contribution in [0, 0.1) is 17.8 Å². The summed E-state index contributed by atoms with van der Waals surface area (Å²) in [6.45, 7) is 8.75. The van der Waals surface area contributed by atoms with Gasteiger partial charge in [-0.15, -0.1) is 0 Å². The minimum Gasteiger partial charge on any atom is -0.374 e. The van der Waals surface area contributed by atoms with Gasteiger partial charge in [-0.2, -0.15) is 5.06 Å². The molecular weight excluding hydrogens is 741 g/mol. The normalized spacial score (nSPS) is 31.0. The molecule has 3 aliphatic heterocycles. The summed E-state index contributed by atoms with van der Waals surface area (Å²) >= 11 is 0. The Morgan fingerprint density at radius 3 is 1.69 bits per heavy atom. The maximum Gasteiger partial charge on any atom is 0.243 e. The summed E-state index contributed by atoms with van der Waals surface area (Å²) in [5.41, 5.74) is 3.79. The zero-order valence-corrected chi connectivity index (χ0v) is 35.1. The highest BCUT2D eigenvalue weighted by atomic mass is 16.7. The highest BCUT2D eigenvalue weighted by molar-refractivity contribution is 5.85. The van der Waals surface area contributed by atoms with E-state index in [4.69, 9.17) is 28.5 Å². The Balaban J connectivity index is 1.11. The van der Waals surface area contributed by atoms with Crippen LogP contribution < -0.4 is 0 Å². The number of hydroxylamine groups is 2. The number of hydrogen-bond donors (Lipinski definition) is 0. The Bertz CT molecular complexity index is 1900. The van der Waals surface area contributed by atoms with Gasteiger partial charge >= 0.3 is 0 Å². The molecule has 9 heteroatoms. The van der Waals surface area contributed by atoms with Gasteiger partial charge in [0, 0.05) is 25.8 Å². The van der Waals surface area contributed by atoms with Crippen molar-refractivity contribution in [1.82, 2.24) is 9.96 Å².